The summed E-state index contributed by atoms with van der Waals surface area (Å²) in [5, 5.41) is 0. The Morgan fingerprint density at radius 2 is 1.50 bits per heavy atom. The van der Waals surface area contributed by atoms with Crippen LogP contribution in [0.4, 0.5) is 0 Å². The highest BCUT2D eigenvalue weighted by Crippen LogP contribution is 2.12. The average molecular weight is 239 g/mol. The molecule has 2 N–H and O–H groups in total. The number of nitrogens with two attached hydrogens (primary N) is 1. The van der Waals surface area contributed by atoms with Gasteiger partial charge in [0.2, 0.25) is 0 Å². The molecule has 0 aliphatic carbocycles. The molecule has 3 nitrogen and oxygen atoms in total. The van der Waals surface area contributed by atoms with Crippen LogP contribution < -0.4 is 5.73 Å². The van der Waals surface area contributed by atoms with Crippen LogP contribution in [-0.4, -0.2) is 11.6 Å². The van der Waals surface area contributed by atoms with Crippen molar-refractivity contribution in [2.45, 2.75) is 6.54 Å². The first-order chi connectivity index (χ1) is 8.62. The van der Waals surface area contributed by atoms with Gasteiger partial charge in [0.1, 0.15) is 0 Å². The van der Waals surface area contributed by atoms with Gasteiger partial charge in [-0.1, -0.05) is 13.2 Å². The van der Waals surface area contributed by atoms with Gasteiger partial charge in [0.15, 0.2) is 11.6 Å². The lowest BCUT2D eigenvalue weighted by molar-refractivity contribution is 0.104. The summed E-state index contributed by atoms with van der Waals surface area (Å²) < 4.78 is 0. The highest BCUT2D eigenvalue weighted by atomic mass is 16.1. The van der Waals surface area contributed by atoms with Crippen molar-refractivity contribution in [2.75, 3.05) is 0 Å². The predicted molar refractivity (Wildman–Crippen MR) is 70.4 cm³/mol. The lowest BCUT2D eigenvalue weighted by atomic mass is 10.00. The Bertz CT molecular complexity index is 538. The molecule has 1 aromatic rings. The van der Waals surface area contributed by atoms with E-state index in [2.05, 4.69) is 24.6 Å². The lowest BCUT2D eigenvalue weighted by Gasteiger charge is -2.04. The Morgan fingerprint density at radius 1 is 1.06 bits per heavy atom. The summed E-state index contributed by atoms with van der Waals surface area (Å²) in [7, 11) is 0. The maximum Gasteiger partial charge on any atom is 0.193 e. The minimum absolute atomic E-state index is 0.247. The molecule has 0 atom stereocenters. The fourth-order valence-electron chi connectivity index (χ4n) is 1.45. The fraction of sp³-hybridized carbons (Fsp3) is 0.0667. The van der Waals surface area contributed by atoms with Crippen molar-refractivity contribution in [3.8, 4) is 0 Å². The number of ketones is 2. The fourth-order valence-corrected chi connectivity index (χ4v) is 1.45. The zero-order valence-corrected chi connectivity index (χ0v) is 9.90. The number of allylic oxidation sites excluding steroid dienone is 2. The molecule has 0 aliphatic rings. The third kappa shape index (κ3) is 3.27. The molecular formula is C15H13NO2. The van der Waals surface area contributed by atoms with E-state index in [0.29, 0.717) is 16.7 Å². The zero-order valence-electron chi connectivity index (χ0n) is 9.90. The molecule has 0 amide bonds. The average Bonchev–Trinajstić information content (AvgIpc) is 2.38. The molecule has 1 rings (SSSR count). The molecule has 0 fully saturated rings. The van der Waals surface area contributed by atoms with Crippen LogP contribution in [0.2, 0.25) is 0 Å². The van der Waals surface area contributed by atoms with Crippen molar-refractivity contribution in [1.82, 2.24) is 0 Å². The summed E-state index contributed by atoms with van der Waals surface area (Å²) in [5.74, 6) is -0.533. The molecule has 18 heavy (non-hydrogen) atoms. The van der Waals surface area contributed by atoms with Gasteiger partial charge in [-0.25, -0.2) is 0 Å². The second-order valence-corrected chi connectivity index (χ2v) is 3.55. The van der Waals surface area contributed by atoms with Gasteiger partial charge in [-0.3, -0.25) is 9.59 Å². The molecule has 1 aromatic carbocycles. The summed E-state index contributed by atoms with van der Waals surface area (Å²) in [4.78, 5) is 23.4. The summed E-state index contributed by atoms with van der Waals surface area (Å²) in [6, 6.07) is 4.79. The maximum absolute atomic E-state index is 11.7. The monoisotopic (exact) mass is 239 g/mol. The van der Waals surface area contributed by atoms with E-state index in [0.717, 1.165) is 0 Å². The Kier molecular flexibility index (Phi) is 4.79. The van der Waals surface area contributed by atoms with E-state index >= 15 is 0 Å². The Balaban J connectivity index is 3.33. The van der Waals surface area contributed by atoms with Gasteiger partial charge in [0.25, 0.3) is 0 Å². The van der Waals surface area contributed by atoms with E-state index < -0.39 is 0 Å². The van der Waals surface area contributed by atoms with Gasteiger partial charge >= 0.3 is 0 Å². The molecule has 0 saturated carbocycles. The molecule has 0 bridgehead atoms. The number of benzene rings is 1. The summed E-state index contributed by atoms with van der Waals surface area (Å²) in [6.45, 7) is 6.92. The van der Waals surface area contributed by atoms with Gasteiger partial charge in [-0.2, -0.15) is 0 Å². The maximum atomic E-state index is 11.7. The smallest absolute Gasteiger partial charge is 0.193 e. The summed E-state index contributed by atoms with van der Waals surface area (Å²) in [6.07, 6.45) is 2.43. The van der Waals surface area contributed by atoms with Gasteiger partial charge < -0.3 is 5.73 Å². The number of carbonyl (C=O) groups excluding carboxylic acids is 2. The molecule has 0 radical (unpaired) electrons. The molecule has 90 valence electrons. The molecule has 3 heteroatoms. The molecular weight excluding hydrogens is 226 g/mol. The lowest BCUT2D eigenvalue weighted by Crippen LogP contribution is -2.05. The van der Waals surface area contributed by atoms with Gasteiger partial charge in [-0.05, 0) is 23.8 Å². The largest absolute Gasteiger partial charge is 0.326 e. The quantitative estimate of drug-likeness (QED) is 0.486. The number of hydrogen-bond acceptors (Lipinski definition) is 3. The molecule has 0 aromatic heterocycles. The van der Waals surface area contributed by atoms with E-state index in [4.69, 9.17) is 5.73 Å². The number of carbonyl (C=O) groups is 2. The predicted octanol–water partition coefficient (Wildman–Crippen LogP) is 2.19. The van der Waals surface area contributed by atoms with Gasteiger partial charge in [0.05, 0.1) is 0 Å². The third-order valence-corrected chi connectivity index (χ3v) is 2.26. The molecule has 0 saturated heterocycles. The normalized spacial score (nSPS) is 8.94. The van der Waals surface area contributed by atoms with E-state index in [1.54, 1.807) is 12.1 Å². The highest BCUT2D eigenvalue weighted by molar-refractivity contribution is 6.09. The van der Waals surface area contributed by atoms with Gasteiger partial charge in [-0.15, -0.1) is 11.5 Å². The molecule has 0 unspecified atom stereocenters. The highest BCUT2D eigenvalue weighted by Gasteiger charge is 2.09. The number of hydrogen-bond donors (Lipinski definition) is 1. The van der Waals surface area contributed by atoms with Crippen LogP contribution >= 0.6 is 0 Å². The van der Waals surface area contributed by atoms with Crippen molar-refractivity contribution in [3.05, 3.63) is 71.7 Å². The topological polar surface area (TPSA) is 60.2 Å². The van der Waals surface area contributed by atoms with Crippen molar-refractivity contribution in [2.24, 2.45) is 5.73 Å². The zero-order chi connectivity index (χ0) is 13.5. The van der Waals surface area contributed by atoms with E-state index in [9.17, 15) is 9.59 Å². The summed E-state index contributed by atoms with van der Waals surface area (Å²) >= 11 is 0. The Hall–Kier alpha value is -2.44. The van der Waals surface area contributed by atoms with Crippen molar-refractivity contribution in [1.29, 1.82) is 0 Å². The minimum atomic E-state index is -0.267. The van der Waals surface area contributed by atoms with Crippen LogP contribution in [-0.2, 0) is 6.54 Å². The molecule has 0 aliphatic heterocycles. The first-order valence-corrected chi connectivity index (χ1v) is 5.26. The minimum Gasteiger partial charge on any atom is -0.326 e. The standard InChI is InChI=1S/C15H13NO2/c1-3-5-14(17)12-7-11(10-16)8-13(9-12)15(18)6-4-2/h5-9H,1-2,10,16H2. The van der Waals surface area contributed by atoms with Crippen LogP contribution in [0.3, 0.4) is 0 Å². The second kappa shape index (κ2) is 6.33. The third-order valence-electron chi connectivity index (χ3n) is 2.26. The van der Waals surface area contributed by atoms with Crippen LogP contribution in [0.15, 0.2) is 55.0 Å². The molecule has 0 spiro atoms. The van der Waals surface area contributed by atoms with E-state index in [1.807, 2.05) is 0 Å². The van der Waals surface area contributed by atoms with Gasteiger partial charge in [0, 0.05) is 29.8 Å². The van der Waals surface area contributed by atoms with Crippen LogP contribution in [0.1, 0.15) is 26.3 Å². The van der Waals surface area contributed by atoms with Crippen molar-refractivity contribution >= 4 is 11.6 Å². The second-order valence-electron chi connectivity index (χ2n) is 3.55. The van der Waals surface area contributed by atoms with E-state index in [-0.39, 0.29) is 18.1 Å². The SMILES string of the molecule is C=C=CC(=O)c1cc(CN)cc(C(=O)C=C=C)c1. The van der Waals surface area contributed by atoms with Crippen molar-refractivity contribution in [3.63, 3.8) is 0 Å². The van der Waals surface area contributed by atoms with Crippen LogP contribution in [0, 0.1) is 0 Å². The van der Waals surface area contributed by atoms with Crippen LogP contribution in [0.5, 0.6) is 0 Å². The van der Waals surface area contributed by atoms with E-state index in [1.165, 1.54) is 18.2 Å². The first kappa shape index (κ1) is 13.6. The number of rotatable bonds is 5. The van der Waals surface area contributed by atoms with Crippen molar-refractivity contribution < 1.29 is 9.59 Å². The van der Waals surface area contributed by atoms with Crippen LogP contribution in [0.25, 0.3) is 0 Å². The Morgan fingerprint density at radius 3 is 1.83 bits per heavy atom. The summed E-state index contributed by atoms with van der Waals surface area (Å²) in [5.41, 5.74) is 11.8. The first-order valence-electron chi connectivity index (χ1n) is 5.26. The molecule has 0 heterocycles. The Labute approximate surface area is 106 Å².